The number of benzene rings is 2. The molecule has 0 aliphatic heterocycles. The van der Waals surface area contributed by atoms with E-state index in [9.17, 15) is 5.11 Å². The summed E-state index contributed by atoms with van der Waals surface area (Å²) in [6.45, 7) is 2.71. The summed E-state index contributed by atoms with van der Waals surface area (Å²) in [4.78, 5) is 0. The van der Waals surface area contributed by atoms with Crippen LogP contribution in [0.4, 0.5) is 0 Å². The maximum Gasteiger partial charge on any atom is 0.119 e. The summed E-state index contributed by atoms with van der Waals surface area (Å²) in [5.74, 6) is 1.32. The van der Waals surface area contributed by atoms with Gasteiger partial charge in [0.1, 0.15) is 12.4 Å². The Labute approximate surface area is 139 Å². The van der Waals surface area contributed by atoms with Crippen LogP contribution in [0, 0.1) is 12.8 Å². The lowest BCUT2D eigenvalue weighted by atomic mass is 9.82. The van der Waals surface area contributed by atoms with Crippen molar-refractivity contribution in [2.24, 2.45) is 5.92 Å². The summed E-state index contributed by atoms with van der Waals surface area (Å²) in [5, 5.41) is 10.1. The first-order chi connectivity index (χ1) is 11.2. The van der Waals surface area contributed by atoms with E-state index in [-0.39, 0.29) is 6.10 Å². The molecule has 0 spiro atoms. The summed E-state index contributed by atoms with van der Waals surface area (Å²) >= 11 is 0. The molecule has 0 amide bonds. The number of ether oxygens (including phenoxy) is 1. The van der Waals surface area contributed by atoms with Crippen LogP contribution in [0.2, 0.25) is 0 Å². The minimum atomic E-state index is -0.124. The second kappa shape index (κ2) is 7.65. The minimum Gasteiger partial charge on any atom is -0.489 e. The van der Waals surface area contributed by atoms with Crippen molar-refractivity contribution in [3.63, 3.8) is 0 Å². The number of aliphatic hydroxyl groups is 1. The van der Waals surface area contributed by atoms with Crippen LogP contribution in [0.3, 0.4) is 0 Å². The normalized spacial score (nSPS) is 21.1. The van der Waals surface area contributed by atoms with E-state index in [0.29, 0.717) is 12.5 Å². The Kier molecular flexibility index (Phi) is 5.35. The van der Waals surface area contributed by atoms with Crippen LogP contribution in [-0.2, 0) is 13.0 Å². The quantitative estimate of drug-likeness (QED) is 0.869. The van der Waals surface area contributed by atoms with E-state index in [2.05, 4.69) is 31.2 Å². The van der Waals surface area contributed by atoms with Gasteiger partial charge in [0.25, 0.3) is 0 Å². The molecule has 122 valence electrons. The van der Waals surface area contributed by atoms with Crippen molar-refractivity contribution in [2.75, 3.05) is 0 Å². The molecule has 0 aromatic heterocycles. The monoisotopic (exact) mass is 310 g/mol. The first kappa shape index (κ1) is 16.1. The second-order valence-electron chi connectivity index (χ2n) is 6.68. The fourth-order valence-electron chi connectivity index (χ4n) is 3.38. The molecule has 1 fully saturated rings. The van der Waals surface area contributed by atoms with E-state index in [1.54, 1.807) is 0 Å². The van der Waals surface area contributed by atoms with Crippen LogP contribution in [-0.4, -0.2) is 11.2 Å². The van der Waals surface area contributed by atoms with Crippen molar-refractivity contribution >= 4 is 0 Å². The van der Waals surface area contributed by atoms with E-state index < -0.39 is 0 Å². The molecule has 2 heteroatoms. The maximum absolute atomic E-state index is 10.1. The van der Waals surface area contributed by atoms with Crippen molar-refractivity contribution in [3.05, 3.63) is 65.2 Å². The van der Waals surface area contributed by atoms with Gasteiger partial charge in [0.15, 0.2) is 0 Å². The Morgan fingerprint density at radius 2 is 1.74 bits per heavy atom. The van der Waals surface area contributed by atoms with Crippen LogP contribution < -0.4 is 4.74 Å². The van der Waals surface area contributed by atoms with Gasteiger partial charge < -0.3 is 9.84 Å². The Balaban J connectivity index is 1.55. The number of rotatable bonds is 5. The van der Waals surface area contributed by atoms with Gasteiger partial charge in [-0.3, -0.25) is 0 Å². The van der Waals surface area contributed by atoms with Gasteiger partial charge in [-0.25, -0.2) is 0 Å². The third kappa shape index (κ3) is 4.35. The Morgan fingerprint density at radius 3 is 2.48 bits per heavy atom. The molecule has 23 heavy (non-hydrogen) atoms. The van der Waals surface area contributed by atoms with Crippen molar-refractivity contribution < 1.29 is 9.84 Å². The summed E-state index contributed by atoms with van der Waals surface area (Å²) < 4.78 is 5.89. The van der Waals surface area contributed by atoms with E-state index in [1.807, 2.05) is 24.3 Å². The summed E-state index contributed by atoms with van der Waals surface area (Å²) in [5.41, 5.74) is 3.77. The van der Waals surface area contributed by atoms with Gasteiger partial charge in [-0.1, -0.05) is 49.2 Å². The first-order valence-corrected chi connectivity index (χ1v) is 8.66. The fourth-order valence-corrected chi connectivity index (χ4v) is 3.38. The molecule has 2 aromatic carbocycles. The molecule has 2 nitrogen and oxygen atoms in total. The zero-order valence-corrected chi connectivity index (χ0v) is 13.9. The van der Waals surface area contributed by atoms with Crippen molar-refractivity contribution in [1.29, 1.82) is 0 Å². The predicted octanol–water partition coefficient (Wildman–Crippen LogP) is 4.67. The number of hydrogen-bond acceptors (Lipinski definition) is 2. The highest BCUT2D eigenvalue weighted by molar-refractivity contribution is 5.29. The lowest BCUT2D eigenvalue weighted by molar-refractivity contribution is 0.0700. The van der Waals surface area contributed by atoms with Crippen molar-refractivity contribution in [1.82, 2.24) is 0 Å². The molecule has 2 atom stereocenters. The molecule has 0 radical (unpaired) electrons. The first-order valence-electron chi connectivity index (χ1n) is 8.66. The highest BCUT2D eigenvalue weighted by Crippen LogP contribution is 2.28. The molecular formula is C21H26O2. The van der Waals surface area contributed by atoms with Crippen LogP contribution in [0.15, 0.2) is 48.5 Å². The standard InChI is InChI=1S/C21H26O2/c1-16-6-2-3-8-19(16)15-23-20-12-10-17(11-13-20)14-18-7-4-5-9-21(18)22/h2-3,6,8,10-13,18,21-22H,4-5,7,9,14-15H2,1H3. The Hall–Kier alpha value is -1.80. The van der Waals surface area contributed by atoms with E-state index in [1.165, 1.54) is 29.5 Å². The number of aliphatic hydroxyl groups excluding tert-OH is 1. The molecule has 0 bridgehead atoms. The van der Waals surface area contributed by atoms with Gasteiger partial charge in [-0.2, -0.15) is 0 Å². The smallest absolute Gasteiger partial charge is 0.119 e. The summed E-state index contributed by atoms with van der Waals surface area (Å²) in [7, 11) is 0. The SMILES string of the molecule is Cc1ccccc1COc1ccc(CC2CCCCC2O)cc1. The molecule has 1 N–H and O–H groups in total. The summed E-state index contributed by atoms with van der Waals surface area (Å²) in [6, 6.07) is 16.7. The van der Waals surface area contributed by atoms with Gasteiger partial charge in [0.2, 0.25) is 0 Å². The summed E-state index contributed by atoms with van der Waals surface area (Å²) in [6.07, 6.45) is 5.37. The molecular weight excluding hydrogens is 284 g/mol. The van der Waals surface area contributed by atoms with E-state index in [4.69, 9.17) is 4.74 Å². The topological polar surface area (TPSA) is 29.5 Å². The molecule has 1 saturated carbocycles. The predicted molar refractivity (Wildman–Crippen MR) is 93.6 cm³/mol. The average Bonchev–Trinajstić information content (AvgIpc) is 2.57. The molecule has 3 rings (SSSR count). The maximum atomic E-state index is 10.1. The molecule has 0 saturated heterocycles. The van der Waals surface area contributed by atoms with Crippen LogP contribution in [0.25, 0.3) is 0 Å². The van der Waals surface area contributed by atoms with Crippen molar-refractivity contribution in [2.45, 2.75) is 51.7 Å². The van der Waals surface area contributed by atoms with Gasteiger partial charge in [0, 0.05) is 0 Å². The average molecular weight is 310 g/mol. The fraction of sp³-hybridized carbons (Fsp3) is 0.429. The van der Waals surface area contributed by atoms with Gasteiger partial charge in [0.05, 0.1) is 6.10 Å². The zero-order chi connectivity index (χ0) is 16.1. The molecule has 1 aliphatic rings. The van der Waals surface area contributed by atoms with Gasteiger partial charge in [-0.05, 0) is 60.9 Å². The zero-order valence-electron chi connectivity index (χ0n) is 13.9. The molecule has 0 heterocycles. The Morgan fingerprint density at radius 1 is 1.00 bits per heavy atom. The van der Waals surface area contributed by atoms with E-state index in [0.717, 1.165) is 25.0 Å². The third-order valence-corrected chi connectivity index (χ3v) is 4.95. The molecule has 2 unspecified atom stereocenters. The largest absolute Gasteiger partial charge is 0.489 e. The van der Waals surface area contributed by atoms with Crippen LogP contribution in [0.5, 0.6) is 5.75 Å². The molecule has 2 aromatic rings. The second-order valence-corrected chi connectivity index (χ2v) is 6.68. The van der Waals surface area contributed by atoms with Crippen molar-refractivity contribution in [3.8, 4) is 5.75 Å². The van der Waals surface area contributed by atoms with Gasteiger partial charge in [-0.15, -0.1) is 0 Å². The van der Waals surface area contributed by atoms with Crippen LogP contribution in [0.1, 0.15) is 42.4 Å². The third-order valence-electron chi connectivity index (χ3n) is 4.95. The molecule has 1 aliphatic carbocycles. The van der Waals surface area contributed by atoms with E-state index >= 15 is 0 Å². The van der Waals surface area contributed by atoms with Gasteiger partial charge >= 0.3 is 0 Å². The lowest BCUT2D eigenvalue weighted by Crippen LogP contribution is -2.26. The Bertz CT molecular complexity index is 618. The lowest BCUT2D eigenvalue weighted by Gasteiger charge is -2.27. The minimum absolute atomic E-state index is 0.124. The number of hydrogen-bond donors (Lipinski definition) is 1. The highest BCUT2D eigenvalue weighted by Gasteiger charge is 2.22. The number of aryl methyl sites for hydroxylation is 1. The van der Waals surface area contributed by atoms with Crippen LogP contribution >= 0.6 is 0 Å². The highest BCUT2D eigenvalue weighted by atomic mass is 16.5.